The molecule has 0 saturated carbocycles. The van der Waals surface area contributed by atoms with E-state index in [1.807, 2.05) is 48.5 Å². The van der Waals surface area contributed by atoms with E-state index >= 15 is 0 Å². The third kappa shape index (κ3) is 3.26. The van der Waals surface area contributed by atoms with E-state index in [0.717, 1.165) is 28.1 Å². The zero-order chi connectivity index (χ0) is 19.0. The zero-order valence-corrected chi connectivity index (χ0v) is 15.9. The van der Waals surface area contributed by atoms with E-state index in [9.17, 15) is 8.42 Å². The largest absolute Gasteiger partial charge is 0.496 e. The first-order valence-corrected chi connectivity index (χ1v) is 10.4. The minimum absolute atomic E-state index is 0.472. The predicted octanol–water partition coefficient (Wildman–Crippen LogP) is 3.14. The molecule has 0 spiro atoms. The Morgan fingerprint density at radius 3 is 2.70 bits per heavy atom. The Labute approximate surface area is 158 Å². The quantitative estimate of drug-likeness (QED) is 0.694. The van der Waals surface area contributed by atoms with E-state index in [1.54, 1.807) is 13.3 Å². The van der Waals surface area contributed by atoms with Crippen molar-refractivity contribution >= 4 is 15.7 Å². The Kier molecular flexibility index (Phi) is 4.31. The van der Waals surface area contributed by atoms with Crippen molar-refractivity contribution in [3.05, 3.63) is 60.3 Å². The van der Waals surface area contributed by atoms with Gasteiger partial charge in [0.05, 0.1) is 24.7 Å². The molecule has 0 amide bonds. The van der Waals surface area contributed by atoms with Gasteiger partial charge in [-0.05, 0) is 36.2 Å². The summed E-state index contributed by atoms with van der Waals surface area (Å²) in [5, 5.41) is 0. The maximum absolute atomic E-state index is 12.0. The number of aromatic nitrogens is 2. The lowest BCUT2D eigenvalue weighted by Crippen LogP contribution is -2.27. The molecule has 2 heterocycles. The molecule has 0 aliphatic carbocycles. The number of benzene rings is 2. The number of rotatable bonds is 4. The van der Waals surface area contributed by atoms with Crippen molar-refractivity contribution < 1.29 is 13.2 Å². The number of nitrogens with zero attached hydrogens (tertiary/aromatic N) is 3. The second-order valence-electron chi connectivity index (χ2n) is 6.39. The van der Waals surface area contributed by atoms with Gasteiger partial charge < -0.3 is 4.74 Å². The SMILES string of the molecule is COc1ccccc1-c1ccnc(-c2ccc3c(c2)N(S(C)(=O)=O)CC3)n1. The summed E-state index contributed by atoms with van der Waals surface area (Å²) >= 11 is 0. The third-order valence-electron chi connectivity index (χ3n) is 4.64. The van der Waals surface area contributed by atoms with Crippen LogP contribution in [0.25, 0.3) is 22.6 Å². The van der Waals surface area contributed by atoms with Gasteiger partial charge in [-0.2, -0.15) is 0 Å². The van der Waals surface area contributed by atoms with Crippen LogP contribution in [-0.4, -0.2) is 38.3 Å². The Hall–Kier alpha value is -2.93. The van der Waals surface area contributed by atoms with E-state index in [-0.39, 0.29) is 0 Å². The molecule has 4 rings (SSSR count). The molecule has 1 aromatic heterocycles. The summed E-state index contributed by atoms with van der Waals surface area (Å²) in [6.45, 7) is 0.472. The second-order valence-corrected chi connectivity index (χ2v) is 8.30. The highest BCUT2D eigenvalue weighted by atomic mass is 32.2. The second kappa shape index (κ2) is 6.66. The van der Waals surface area contributed by atoms with E-state index in [1.165, 1.54) is 10.6 Å². The molecule has 0 atom stereocenters. The summed E-state index contributed by atoms with van der Waals surface area (Å²) in [5.74, 6) is 1.28. The molecule has 3 aromatic rings. The van der Waals surface area contributed by atoms with Crippen LogP contribution in [-0.2, 0) is 16.4 Å². The van der Waals surface area contributed by atoms with Gasteiger partial charge in [0.15, 0.2) is 5.82 Å². The van der Waals surface area contributed by atoms with Crippen molar-refractivity contribution in [1.82, 2.24) is 9.97 Å². The molecule has 7 heteroatoms. The van der Waals surface area contributed by atoms with Gasteiger partial charge in [-0.25, -0.2) is 18.4 Å². The lowest BCUT2D eigenvalue weighted by Gasteiger charge is -2.17. The summed E-state index contributed by atoms with van der Waals surface area (Å²) in [4.78, 5) is 9.06. The Bertz CT molecular complexity index is 1110. The minimum Gasteiger partial charge on any atom is -0.496 e. The number of hydrogen-bond acceptors (Lipinski definition) is 5. The fraction of sp³-hybridized carbons (Fsp3) is 0.200. The first-order valence-electron chi connectivity index (χ1n) is 8.55. The number of ether oxygens (including phenoxy) is 1. The van der Waals surface area contributed by atoms with Crippen LogP contribution >= 0.6 is 0 Å². The number of para-hydroxylation sites is 1. The molecule has 2 aromatic carbocycles. The van der Waals surface area contributed by atoms with Crippen LogP contribution in [0.1, 0.15) is 5.56 Å². The van der Waals surface area contributed by atoms with Gasteiger partial charge in [-0.1, -0.05) is 24.3 Å². The van der Waals surface area contributed by atoms with Crippen LogP contribution in [0.15, 0.2) is 54.7 Å². The van der Waals surface area contributed by atoms with Crippen LogP contribution in [0.2, 0.25) is 0 Å². The molecule has 1 aliphatic heterocycles. The lowest BCUT2D eigenvalue weighted by molar-refractivity contribution is 0.416. The van der Waals surface area contributed by atoms with Gasteiger partial charge in [0.2, 0.25) is 10.0 Å². The molecule has 0 fully saturated rings. The van der Waals surface area contributed by atoms with E-state index < -0.39 is 10.0 Å². The average Bonchev–Trinajstić information content (AvgIpc) is 3.11. The molecule has 0 bridgehead atoms. The maximum atomic E-state index is 12.0. The van der Waals surface area contributed by atoms with Crippen molar-refractivity contribution in [2.75, 3.05) is 24.2 Å². The highest BCUT2D eigenvalue weighted by Gasteiger charge is 2.26. The fourth-order valence-corrected chi connectivity index (χ4v) is 4.29. The standard InChI is InChI=1S/C20H19N3O3S/c1-26-19-6-4-3-5-16(19)17-9-11-21-20(22-17)15-8-7-14-10-12-23(18(14)13-15)27(2,24)25/h3-9,11,13H,10,12H2,1-2H3. The number of hydrogen-bond donors (Lipinski definition) is 0. The van der Waals surface area contributed by atoms with Gasteiger partial charge in [0, 0.05) is 23.9 Å². The zero-order valence-electron chi connectivity index (χ0n) is 15.1. The number of methoxy groups -OCH3 is 1. The van der Waals surface area contributed by atoms with Gasteiger partial charge in [0.1, 0.15) is 5.75 Å². The van der Waals surface area contributed by atoms with Crippen molar-refractivity contribution in [3.63, 3.8) is 0 Å². The van der Waals surface area contributed by atoms with Crippen molar-refractivity contribution in [3.8, 4) is 28.4 Å². The lowest BCUT2D eigenvalue weighted by atomic mass is 10.1. The van der Waals surface area contributed by atoms with Gasteiger partial charge in [-0.15, -0.1) is 0 Å². The van der Waals surface area contributed by atoms with Gasteiger partial charge in [0.25, 0.3) is 0 Å². The Balaban J connectivity index is 1.78. The molecule has 1 aliphatic rings. The summed E-state index contributed by atoms with van der Waals surface area (Å²) in [6, 6.07) is 15.2. The maximum Gasteiger partial charge on any atom is 0.232 e. The van der Waals surface area contributed by atoms with E-state index in [2.05, 4.69) is 9.97 Å². The van der Waals surface area contributed by atoms with E-state index in [4.69, 9.17) is 4.74 Å². The molecule has 6 nitrogen and oxygen atoms in total. The number of fused-ring (bicyclic) bond motifs is 1. The molecule has 0 radical (unpaired) electrons. The summed E-state index contributed by atoms with van der Waals surface area (Å²) in [5.41, 5.74) is 4.13. The predicted molar refractivity (Wildman–Crippen MR) is 105 cm³/mol. The molecule has 0 unspecified atom stereocenters. The number of anilines is 1. The Morgan fingerprint density at radius 1 is 1.11 bits per heavy atom. The summed E-state index contributed by atoms with van der Waals surface area (Å²) in [7, 11) is -1.67. The highest BCUT2D eigenvalue weighted by Crippen LogP contribution is 2.34. The van der Waals surface area contributed by atoms with Crippen LogP contribution in [0.5, 0.6) is 5.75 Å². The Morgan fingerprint density at radius 2 is 1.93 bits per heavy atom. The molecule has 27 heavy (non-hydrogen) atoms. The minimum atomic E-state index is -3.30. The van der Waals surface area contributed by atoms with Crippen molar-refractivity contribution in [2.45, 2.75) is 6.42 Å². The van der Waals surface area contributed by atoms with Crippen LogP contribution < -0.4 is 9.04 Å². The van der Waals surface area contributed by atoms with Crippen LogP contribution in [0.3, 0.4) is 0 Å². The topological polar surface area (TPSA) is 72.4 Å². The van der Waals surface area contributed by atoms with E-state index in [0.29, 0.717) is 24.5 Å². The summed E-state index contributed by atoms with van der Waals surface area (Å²) < 4.78 is 30.9. The monoisotopic (exact) mass is 381 g/mol. The smallest absolute Gasteiger partial charge is 0.232 e. The first kappa shape index (κ1) is 17.5. The molecular formula is C20H19N3O3S. The molecule has 0 N–H and O–H groups in total. The third-order valence-corrected chi connectivity index (χ3v) is 5.82. The van der Waals surface area contributed by atoms with Crippen LogP contribution in [0, 0.1) is 0 Å². The van der Waals surface area contributed by atoms with Crippen molar-refractivity contribution in [2.24, 2.45) is 0 Å². The number of sulfonamides is 1. The fourth-order valence-electron chi connectivity index (χ4n) is 3.34. The first-order chi connectivity index (χ1) is 13.0. The van der Waals surface area contributed by atoms with Crippen LogP contribution in [0.4, 0.5) is 5.69 Å². The highest BCUT2D eigenvalue weighted by molar-refractivity contribution is 7.92. The van der Waals surface area contributed by atoms with Gasteiger partial charge in [-0.3, -0.25) is 4.31 Å². The van der Waals surface area contributed by atoms with Crippen molar-refractivity contribution in [1.29, 1.82) is 0 Å². The normalized spacial score (nSPS) is 13.5. The summed E-state index contributed by atoms with van der Waals surface area (Å²) in [6.07, 6.45) is 3.64. The molecule has 0 saturated heterocycles. The molecule has 138 valence electrons. The molecular weight excluding hydrogens is 362 g/mol. The van der Waals surface area contributed by atoms with Gasteiger partial charge >= 0.3 is 0 Å². The average molecular weight is 381 g/mol.